The minimum absolute atomic E-state index is 0.141. The number of allylic oxidation sites excluding steroid dienone is 2. The van der Waals surface area contributed by atoms with Gasteiger partial charge in [-0.25, -0.2) is 0 Å². The molecule has 0 aromatic rings. The van der Waals surface area contributed by atoms with Crippen LogP contribution >= 0.6 is 0 Å². The predicted molar refractivity (Wildman–Crippen MR) is 103 cm³/mol. The Morgan fingerprint density at radius 3 is 2.27 bits per heavy atom. The molecular weight excluding hydrogens is 332 g/mol. The molecule has 0 saturated carbocycles. The lowest BCUT2D eigenvalue weighted by Gasteiger charge is -2.36. The SMILES string of the molecule is CCC(C)C(=O)C1=C(O)C(O)(C(O)CCC(C)C)C(CC=C(C)C)C1O. The summed E-state index contributed by atoms with van der Waals surface area (Å²) in [6.07, 6.45) is 1.06. The number of ketones is 1. The molecule has 150 valence electrons. The lowest BCUT2D eigenvalue weighted by atomic mass is 9.78. The van der Waals surface area contributed by atoms with E-state index in [0.717, 1.165) is 5.57 Å². The topological polar surface area (TPSA) is 98.0 Å². The number of rotatable bonds is 9. The fourth-order valence-corrected chi connectivity index (χ4v) is 3.47. The molecule has 5 unspecified atom stereocenters. The van der Waals surface area contributed by atoms with Crippen LogP contribution in [0.2, 0.25) is 0 Å². The second kappa shape index (κ2) is 9.16. The summed E-state index contributed by atoms with van der Waals surface area (Å²) in [7, 11) is 0. The molecule has 0 heterocycles. The van der Waals surface area contributed by atoms with Crippen LogP contribution in [0.4, 0.5) is 0 Å². The van der Waals surface area contributed by atoms with Crippen LogP contribution in [0.3, 0.4) is 0 Å². The Morgan fingerprint density at radius 1 is 1.23 bits per heavy atom. The van der Waals surface area contributed by atoms with Gasteiger partial charge in [-0.3, -0.25) is 4.79 Å². The van der Waals surface area contributed by atoms with E-state index in [0.29, 0.717) is 18.8 Å². The van der Waals surface area contributed by atoms with Gasteiger partial charge in [-0.15, -0.1) is 0 Å². The van der Waals surface area contributed by atoms with Crippen LogP contribution in [0.5, 0.6) is 0 Å². The lowest BCUT2D eigenvalue weighted by molar-refractivity contribution is -0.121. The van der Waals surface area contributed by atoms with E-state index >= 15 is 0 Å². The van der Waals surface area contributed by atoms with Gasteiger partial charge in [0, 0.05) is 11.8 Å². The molecular formula is C21H36O5. The zero-order valence-electron chi connectivity index (χ0n) is 17.0. The van der Waals surface area contributed by atoms with Crippen molar-refractivity contribution in [3.63, 3.8) is 0 Å². The summed E-state index contributed by atoms with van der Waals surface area (Å²) in [6, 6.07) is 0. The highest BCUT2D eigenvalue weighted by molar-refractivity contribution is 5.99. The molecule has 0 radical (unpaired) electrons. The maximum atomic E-state index is 12.7. The van der Waals surface area contributed by atoms with E-state index in [-0.39, 0.29) is 30.1 Å². The van der Waals surface area contributed by atoms with Gasteiger partial charge >= 0.3 is 0 Å². The molecule has 0 bridgehead atoms. The van der Waals surface area contributed by atoms with Crippen molar-refractivity contribution in [1.82, 2.24) is 0 Å². The number of aliphatic hydroxyl groups excluding tert-OH is 3. The molecule has 0 amide bonds. The average molecular weight is 369 g/mol. The molecule has 0 saturated heterocycles. The van der Waals surface area contributed by atoms with Gasteiger partial charge in [0.1, 0.15) is 5.76 Å². The minimum Gasteiger partial charge on any atom is -0.509 e. The molecule has 0 spiro atoms. The number of carbonyl (C=O) groups is 1. The summed E-state index contributed by atoms with van der Waals surface area (Å²) in [5.74, 6) is -1.84. The van der Waals surface area contributed by atoms with Crippen molar-refractivity contribution in [2.75, 3.05) is 0 Å². The first-order valence-electron chi connectivity index (χ1n) is 9.67. The zero-order valence-corrected chi connectivity index (χ0v) is 17.0. The van der Waals surface area contributed by atoms with Crippen molar-refractivity contribution in [2.45, 2.75) is 85.0 Å². The van der Waals surface area contributed by atoms with Crippen molar-refractivity contribution >= 4 is 5.78 Å². The molecule has 0 aromatic heterocycles. The highest BCUT2D eigenvalue weighted by Gasteiger charge is 2.58. The van der Waals surface area contributed by atoms with Crippen molar-refractivity contribution in [1.29, 1.82) is 0 Å². The molecule has 4 N–H and O–H groups in total. The Bertz CT molecular complexity index is 559. The summed E-state index contributed by atoms with van der Waals surface area (Å²) in [6.45, 7) is 11.4. The van der Waals surface area contributed by atoms with Gasteiger partial charge < -0.3 is 20.4 Å². The van der Waals surface area contributed by atoms with Crippen molar-refractivity contribution in [3.05, 3.63) is 23.0 Å². The average Bonchev–Trinajstić information content (AvgIpc) is 2.76. The van der Waals surface area contributed by atoms with Gasteiger partial charge in [-0.1, -0.05) is 39.3 Å². The van der Waals surface area contributed by atoms with Crippen molar-refractivity contribution in [3.8, 4) is 0 Å². The molecule has 5 atom stereocenters. The number of hydrogen-bond donors (Lipinski definition) is 4. The van der Waals surface area contributed by atoms with Crippen LogP contribution in [0.25, 0.3) is 0 Å². The molecule has 1 aliphatic rings. The van der Waals surface area contributed by atoms with E-state index < -0.39 is 29.5 Å². The molecule has 5 heteroatoms. The zero-order chi connectivity index (χ0) is 20.2. The molecule has 0 aliphatic heterocycles. The minimum atomic E-state index is -2.02. The number of Topliss-reactive ketones (excluding diaryl/α,β-unsaturated/α-hetero) is 1. The van der Waals surface area contributed by atoms with Gasteiger partial charge in [0.2, 0.25) is 0 Å². The predicted octanol–water partition coefficient (Wildman–Crippen LogP) is 3.29. The Morgan fingerprint density at radius 2 is 1.81 bits per heavy atom. The summed E-state index contributed by atoms with van der Waals surface area (Å²) in [5, 5.41) is 43.5. The van der Waals surface area contributed by atoms with Gasteiger partial charge in [0.05, 0.1) is 17.8 Å². The first-order valence-corrected chi connectivity index (χ1v) is 9.67. The molecule has 0 fully saturated rings. The van der Waals surface area contributed by atoms with E-state index in [2.05, 4.69) is 0 Å². The molecule has 5 nitrogen and oxygen atoms in total. The summed E-state index contributed by atoms with van der Waals surface area (Å²) < 4.78 is 0. The van der Waals surface area contributed by atoms with Crippen molar-refractivity contribution in [2.24, 2.45) is 17.8 Å². The van der Waals surface area contributed by atoms with Crippen LogP contribution in [0, 0.1) is 17.8 Å². The first-order chi connectivity index (χ1) is 12.0. The monoisotopic (exact) mass is 368 g/mol. The van der Waals surface area contributed by atoms with Crippen LogP contribution in [-0.4, -0.2) is 44.0 Å². The highest BCUT2D eigenvalue weighted by atomic mass is 16.4. The quantitative estimate of drug-likeness (QED) is 0.468. The summed E-state index contributed by atoms with van der Waals surface area (Å²) >= 11 is 0. The van der Waals surface area contributed by atoms with Gasteiger partial charge in [0.25, 0.3) is 0 Å². The number of aliphatic hydroxyl groups is 4. The van der Waals surface area contributed by atoms with Crippen molar-refractivity contribution < 1.29 is 25.2 Å². The number of hydrogen-bond acceptors (Lipinski definition) is 5. The van der Waals surface area contributed by atoms with Gasteiger partial charge in [-0.05, 0) is 45.4 Å². The fourth-order valence-electron chi connectivity index (χ4n) is 3.47. The molecule has 1 aliphatic carbocycles. The third-order valence-corrected chi connectivity index (χ3v) is 5.51. The summed E-state index contributed by atoms with van der Waals surface area (Å²) in [4.78, 5) is 12.7. The Balaban J connectivity index is 3.33. The van der Waals surface area contributed by atoms with Crippen LogP contribution in [-0.2, 0) is 4.79 Å². The highest BCUT2D eigenvalue weighted by Crippen LogP contribution is 2.46. The van der Waals surface area contributed by atoms with Gasteiger partial charge in [0.15, 0.2) is 11.4 Å². The van der Waals surface area contributed by atoms with Crippen LogP contribution in [0.1, 0.15) is 67.2 Å². The first kappa shape index (κ1) is 22.9. The Kier molecular flexibility index (Phi) is 8.05. The molecule has 1 rings (SSSR count). The largest absolute Gasteiger partial charge is 0.509 e. The maximum absolute atomic E-state index is 12.7. The number of carbonyl (C=O) groups excluding carboxylic acids is 1. The second-order valence-corrected chi connectivity index (χ2v) is 8.32. The van der Waals surface area contributed by atoms with E-state index in [4.69, 9.17) is 0 Å². The van der Waals surface area contributed by atoms with E-state index in [1.807, 2.05) is 40.7 Å². The lowest BCUT2D eigenvalue weighted by Crippen LogP contribution is -2.50. The smallest absolute Gasteiger partial charge is 0.167 e. The van der Waals surface area contributed by atoms with Crippen LogP contribution < -0.4 is 0 Å². The normalized spacial score (nSPS) is 28.4. The third-order valence-electron chi connectivity index (χ3n) is 5.51. The maximum Gasteiger partial charge on any atom is 0.167 e. The Hall–Kier alpha value is -1.17. The van der Waals surface area contributed by atoms with Gasteiger partial charge in [-0.2, -0.15) is 0 Å². The Labute approximate surface area is 157 Å². The molecule has 26 heavy (non-hydrogen) atoms. The van der Waals surface area contributed by atoms with E-state index in [1.165, 1.54) is 0 Å². The molecule has 0 aromatic carbocycles. The second-order valence-electron chi connectivity index (χ2n) is 8.32. The standard InChI is InChI=1S/C21H36O5/c1-7-14(6)18(23)17-19(24)15(10-8-12(2)3)21(26,20(17)25)16(22)11-9-13(4)5/h8,13-16,19,22,24-26H,7,9-11H2,1-6H3. The fraction of sp³-hybridized carbons (Fsp3) is 0.762. The third kappa shape index (κ3) is 4.56. The van der Waals surface area contributed by atoms with E-state index in [9.17, 15) is 25.2 Å². The van der Waals surface area contributed by atoms with Crippen LogP contribution in [0.15, 0.2) is 23.0 Å². The summed E-state index contributed by atoms with van der Waals surface area (Å²) in [5.41, 5.74) is -1.16. The van der Waals surface area contributed by atoms with E-state index in [1.54, 1.807) is 6.92 Å².